The van der Waals surface area contributed by atoms with Gasteiger partial charge in [-0.15, -0.1) is 0 Å². The minimum Gasteiger partial charge on any atom is -0.496 e. The fraction of sp³-hybridized carbons (Fsp3) is 0.400. The summed E-state index contributed by atoms with van der Waals surface area (Å²) >= 11 is 2.28. The molecular formula is C10H12INO. The maximum Gasteiger partial charge on any atom is 0.132 e. The van der Waals surface area contributed by atoms with Crippen LogP contribution in [0.15, 0.2) is 12.1 Å². The van der Waals surface area contributed by atoms with Gasteiger partial charge in [0.15, 0.2) is 0 Å². The highest BCUT2D eigenvalue weighted by Gasteiger charge is 2.20. The highest BCUT2D eigenvalue weighted by atomic mass is 127. The van der Waals surface area contributed by atoms with Crippen LogP contribution < -0.4 is 10.5 Å². The van der Waals surface area contributed by atoms with E-state index in [-0.39, 0.29) is 6.04 Å². The molecule has 0 spiro atoms. The lowest BCUT2D eigenvalue weighted by molar-refractivity contribution is 0.411. The molecule has 0 radical (unpaired) electrons. The van der Waals surface area contributed by atoms with Gasteiger partial charge in [-0.3, -0.25) is 0 Å². The van der Waals surface area contributed by atoms with Crippen LogP contribution in [0.25, 0.3) is 0 Å². The summed E-state index contributed by atoms with van der Waals surface area (Å²) in [5.41, 5.74) is 8.61. The van der Waals surface area contributed by atoms with Crippen molar-refractivity contribution >= 4 is 22.6 Å². The monoisotopic (exact) mass is 289 g/mol. The van der Waals surface area contributed by atoms with Crippen molar-refractivity contribution in [2.45, 2.75) is 18.9 Å². The van der Waals surface area contributed by atoms with E-state index in [9.17, 15) is 0 Å². The van der Waals surface area contributed by atoms with E-state index in [0.29, 0.717) is 0 Å². The van der Waals surface area contributed by atoms with E-state index >= 15 is 0 Å². The number of rotatable bonds is 1. The molecule has 1 atom stereocenters. The van der Waals surface area contributed by atoms with Crippen molar-refractivity contribution in [3.8, 4) is 5.75 Å². The summed E-state index contributed by atoms with van der Waals surface area (Å²) in [6.45, 7) is 0. The zero-order valence-corrected chi connectivity index (χ0v) is 9.67. The van der Waals surface area contributed by atoms with Crippen LogP contribution in [0.2, 0.25) is 0 Å². The molecule has 0 aliphatic heterocycles. The normalized spacial score (nSPS) is 20.1. The molecule has 0 amide bonds. The third kappa shape index (κ3) is 1.55. The largest absolute Gasteiger partial charge is 0.496 e. The van der Waals surface area contributed by atoms with Gasteiger partial charge >= 0.3 is 0 Å². The van der Waals surface area contributed by atoms with E-state index in [2.05, 4.69) is 34.7 Å². The molecule has 2 N–H and O–H groups in total. The molecule has 0 heterocycles. The maximum absolute atomic E-state index is 5.96. The zero-order valence-electron chi connectivity index (χ0n) is 7.51. The van der Waals surface area contributed by atoms with Crippen molar-refractivity contribution in [3.05, 3.63) is 26.8 Å². The smallest absolute Gasteiger partial charge is 0.132 e. The molecule has 0 saturated carbocycles. The summed E-state index contributed by atoms with van der Waals surface area (Å²) in [6, 6.07) is 4.49. The van der Waals surface area contributed by atoms with Gasteiger partial charge in [-0.25, -0.2) is 0 Å². The van der Waals surface area contributed by atoms with E-state index in [1.807, 2.05) is 0 Å². The van der Waals surface area contributed by atoms with Crippen LogP contribution in [-0.2, 0) is 6.42 Å². The number of hydrogen-bond acceptors (Lipinski definition) is 2. The molecule has 0 saturated heterocycles. The fourth-order valence-corrected chi connectivity index (χ4v) is 2.51. The molecule has 1 aliphatic rings. The predicted octanol–water partition coefficient (Wildman–Crippen LogP) is 2.25. The first-order valence-corrected chi connectivity index (χ1v) is 5.42. The molecule has 70 valence electrons. The minimum absolute atomic E-state index is 0.231. The van der Waals surface area contributed by atoms with Gasteiger partial charge in [0.25, 0.3) is 0 Å². The Balaban J connectivity index is 2.50. The Labute approximate surface area is 91.6 Å². The van der Waals surface area contributed by atoms with Crippen LogP contribution in [0.3, 0.4) is 0 Å². The second kappa shape index (κ2) is 3.46. The summed E-state index contributed by atoms with van der Waals surface area (Å²) in [7, 11) is 1.71. The number of aryl methyl sites for hydroxylation is 1. The number of halogens is 1. The average molecular weight is 289 g/mol. The predicted molar refractivity (Wildman–Crippen MR) is 61.0 cm³/mol. The summed E-state index contributed by atoms with van der Waals surface area (Å²) < 4.78 is 6.41. The molecule has 1 aromatic rings. The summed E-state index contributed by atoms with van der Waals surface area (Å²) in [5.74, 6) is 0.966. The SMILES string of the molecule is COc1cc2c(cc1I)[C@@H](N)CC2. The molecule has 2 rings (SSSR count). The van der Waals surface area contributed by atoms with E-state index in [0.717, 1.165) is 22.2 Å². The first kappa shape index (κ1) is 9.27. The van der Waals surface area contributed by atoms with Crippen molar-refractivity contribution < 1.29 is 4.74 Å². The lowest BCUT2D eigenvalue weighted by Gasteiger charge is -2.08. The molecule has 0 bridgehead atoms. The lowest BCUT2D eigenvalue weighted by atomic mass is 10.1. The van der Waals surface area contributed by atoms with Crippen LogP contribution in [0.1, 0.15) is 23.6 Å². The van der Waals surface area contributed by atoms with Gasteiger partial charge in [0.2, 0.25) is 0 Å². The standard InChI is InChI=1S/C10H12INO/c1-13-10-4-6-2-3-9(12)7(6)5-8(10)11/h4-5,9H,2-3,12H2,1H3/t9-/m0/s1. The van der Waals surface area contributed by atoms with E-state index in [1.54, 1.807) is 7.11 Å². The molecule has 0 unspecified atom stereocenters. The highest BCUT2D eigenvalue weighted by Crippen LogP contribution is 2.34. The molecule has 2 nitrogen and oxygen atoms in total. The topological polar surface area (TPSA) is 35.2 Å². The first-order chi connectivity index (χ1) is 6.22. The van der Waals surface area contributed by atoms with Crippen LogP contribution in [-0.4, -0.2) is 7.11 Å². The average Bonchev–Trinajstić information content (AvgIpc) is 2.47. The molecule has 1 aliphatic carbocycles. The van der Waals surface area contributed by atoms with Gasteiger partial charge < -0.3 is 10.5 Å². The number of fused-ring (bicyclic) bond motifs is 1. The van der Waals surface area contributed by atoms with Gasteiger partial charge in [0.1, 0.15) is 5.75 Å². The van der Waals surface area contributed by atoms with Crippen LogP contribution in [0, 0.1) is 3.57 Å². The third-order valence-electron chi connectivity index (χ3n) is 2.54. The second-order valence-corrected chi connectivity index (χ2v) is 4.49. The van der Waals surface area contributed by atoms with Crippen molar-refractivity contribution in [3.63, 3.8) is 0 Å². The number of nitrogens with two attached hydrogens (primary N) is 1. The molecule has 0 fully saturated rings. The van der Waals surface area contributed by atoms with Gasteiger partial charge in [0.05, 0.1) is 10.7 Å². The van der Waals surface area contributed by atoms with Crippen LogP contribution in [0.5, 0.6) is 5.75 Å². The molecule has 3 heteroatoms. The Hall–Kier alpha value is -0.290. The summed E-state index contributed by atoms with van der Waals surface area (Å²) in [5, 5.41) is 0. The van der Waals surface area contributed by atoms with Crippen LogP contribution in [0.4, 0.5) is 0 Å². The Morgan fingerprint density at radius 3 is 3.00 bits per heavy atom. The lowest BCUT2D eigenvalue weighted by Crippen LogP contribution is -2.05. The van der Waals surface area contributed by atoms with Crippen molar-refractivity contribution in [2.75, 3.05) is 7.11 Å². The Bertz CT molecular complexity index is 338. The Morgan fingerprint density at radius 2 is 2.31 bits per heavy atom. The van der Waals surface area contributed by atoms with Crippen LogP contribution >= 0.6 is 22.6 Å². The van der Waals surface area contributed by atoms with E-state index in [4.69, 9.17) is 10.5 Å². The quantitative estimate of drug-likeness (QED) is 0.805. The van der Waals surface area contributed by atoms with Gasteiger partial charge in [-0.1, -0.05) is 0 Å². The molecular weight excluding hydrogens is 277 g/mol. The molecule has 1 aromatic carbocycles. The number of ether oxygens (including phenoxy) is 1. The first-order valence-electron chi connectivity index (χ1n) is 4.34. The third-order valence-corrected chi connectivity index (χ3v) is 3.38. The Morgan fingerprint density at radius 1 is 1.54 bits per heavy atom. The minimum atomic E-state index is 0.231. The summed E-state index contributed by atoms with van der Waals surface area (Å²) in [4.78, 5) is 0. The molecule has 0 aromatic heterocycles. The zero-order chi connectivity index (χ0) is 9.42. The Kier molecular flexibility index (Phi) is 2.47. The maximum atomic E-state index is 5.96. The van der Waals surface area contributed by atoms with Gasteiger partial charge in [-0.05, 0) is 58.7 Å². The second-order valence-electron chi connectivity index (χ2n) is 3.33. The van der Waals surface area contributed by atoms with Crippen molar-refractivity contribution in [1.29, 1.82) is 0 Å². The van der Waals surface area contributed by atoms with Gasteiger partial charge in [-0.2, -0.15) is 0 Å². The van der Waals surface area contributed by atoms with E-state index in [1.165, 1.54) is 11.1 Å². The van der Waals surface area contributed by atoms with E-state index < -0.39 is 0 Å². The summed E-state index contributed by atoms with van der Waals surface area (Å²) in [6.07, 6.45) is 2.16. The van der Waals surface area contributed by atoms with Crippen molar-refractivity contribution in [1.82, 2.24) is 0 Å². The number of methoxy groups -OCH3 is 1. The highest BCUT2D eigenvalue weighted by molar-refractivity contribution is 14.1. The fourth-order valence-electron chi connectivity index (χ4n) is 1.80. The van der Waals surface area contributed by atoms with Crippen molar-refractivity contribution in [2.24, 2.45) is 5.73 Å². The number of benzene rings is 1. The number of hydrogen-bond donors (Lipinski definition) is 1. The molecule has 13 heavy (non-hydrogen) atoms. The van der Waals surface area contributed by atoms with Gasteiger partial charge in [0, 0.05) is 6.04 Å².